The predicted octanol–water partition coefficient (Wildman–Crippen LogP) is 1.50. The van der Waals surface area contributed by atoms with Crippen molar-refractivity contribution in [1.82, 2.24) is 9.62 Å². The van der Waals surface area contributed by atoms with Crippen LogP contribution in [0.5, 0.6) is 0 Å². The van der Waals surface area contributed by atoms with Crippen LogP contribution in [-0.4, -0.2) is 33.4 Å². The number of rotatable bonds is 6. The Morgan fingerprint density at radius 3 is 2.69 bits per heavy atom. The van der Waals surface area contributed by atoms with E-state index in [1.165, 1.54) is 15.6 Å². The fraction of sp³-hybridized carbons (Fsp3) is 0.600. The van der Waals surface area contributed by atoms with Crippen LogP contribution in [0, 0.1) is 0 Å². The lowest BCUT2D eigenvalue weighted by Crippen LogP contribution is -2.26. The summed E-state index contributed by atoms with van der Waals surface area (Å²) in [6.45, 7) is 3.23. The zero-order valence-corrected chi connectivity index (χ0v) is 11.5. The first-order valence-electron chi connectivity index (χ1n) is 5.22. The van der Waals surface area contributed by atoms with Crippen LogP contribution in [0.1, 0.15) is 18.2 Å². The van der Waals surface area contributed by atoms with E-state index in [0.29, 0.717) is 17.3 Å². The Balaban J connectivity index is 2.89. The Hall–Kier alpha value is -0.430. The van der Waals surface area contributed by atoms with Crippen molar-refractivity contribution in [3.63, 3.8) is 0 Å². The summed E-state index contributed by atoms with van der Waals surface area (Å²) in [5.41, 5.74) is 0. The minimum atomic E-state index is -3.27. The number of nitrogens with one attached hydrogen (secondary N) is 1. The van der Waals surface area contributed by atoms with E-state index in [1.807, 2.05) is 20.0 Å². The summed E-state index contributed by atoms with van der Waals surface area (Å²) in [6.07, 6.45) is 0.824. The molecule has 0 bridgehead atoms. The van der Waals surface area contributed by atoms with Gasteiger partial charge in [0.2, 0.25) is 0 Å². The van der Waals surface area contributed by atoms with Gasteiger partial charge in [0, 0.05) is 25.0 Å². The molecular formula is C10H18N2O2S2. The zero-order chi connectivity index (χ0) is 12.2. The third-order valence-corrected chi connectivity index (χ3v) is 5.60. The number of hydrogen-bond acceptors (Lipinski definition) is 4. The summed E-state index contributed by atoms with van der Waals surface area (Å²) < 4.78 is 25.9. The highest BCUT2D eigenvalue weighted by atomic mass is 32.2. The Morgan fingerprint density at radius 1 is 1.44 bits per heavy atom. The molecular weight excluding hydrogens is 244 g/mol. The number of sulfonamides is 1. The molecule has 6 heteroatoms. The van der Waals surface area contributed by atoms with Gasteiger partial charge in [0.05, 0.1) is 0 Å². The van der Waals surface area contributed by atoms with E-state index in [0.717, 1.165) is 11.3 Å². The van der Waals surface area contributed by atoms with Crippen molar-refractivity contribution in [2.45, 2.75) is 24.1 Å². The van der Waals surface area contributed by atoms with Crippen LogP contribution in [0.25, 0.3) is 0 Å². The summed E-state index contributed by atoms with van der Waals surface area (Å²) in [5.74, 6) is 0. The Morgan fingerprint density at radius 2 is 2.12 bits per heavy atom. The Bertz CT molecular complexity index is 426. The molecule has 1 heterocycles. The fourth-order valence-electron chi connectivity index (χ4n) is 1.35. The predicted molar refractivity (Wildman–Crippen MR) is 67.2 cm³/mol. The van der Waals surface area contributed by atoms with Gasteiger partial charge in [-0.3, -0.25) is 0 Å². The molecule has 1 aromatic heterocycles. The Labute approximate surface area is 101 Å². The zero-order valence-electron chi connectivity index (χ0n) is 9.86. The van der Waals surface area contributed by atoms with Gasteiger partial charge in [-0.2, -0.15) is 0 Å². The lowest BCUT2D eigenvalue weighted by Gasteiger charge is -2.14. The molecule has 0 aromatic carbocycles. The molecule has 16 heavy (non-hydrogen) atoms. The van der Waals surface area contributed by atoms with Gasteiger partial charge in [0.25, 0.3) is 10.0 Å². The second kappa shape index (κ2) is 5.77. The molecule has 1 aromatic rings. The standard InChI is InChI=1S/C10H18N2O2S2/c1-4-7-12(3)16(13,14)10-6-5-9(15-10)8-11-2/h5-6,11H,4,7-8H2,1-3H3. The number of hydrogen-bond donors (Lipinski definition) is 1. The van der Waals surface area contributed by atoms with E-state index >= 15 is 0 Å². The highest BCUT2D eigenvalue weighted by molar-refractivity contribution is 7.91. The maximum Gasteiger partial charge on any atom is 0.252 e. The largest absolute Gasteiger partial charge is 0.315 e. The van der Waals surface area contributed by atoms with Crippen molar-refractivity contribution in [3.8, 4) is 0 Å². The third kappa shape index (κ3) is 3.04. The van der Waals surface area contributed by atoms with Gasteiger partial charge in [-0.1, -0.05) is 6.92 Å². The first-order chi connectivity index (χ1) is 7.52. The van der Waals surface area contributed by atoms with Gasteiger partial charge >= 0.3 is 0 Å². The van der Waals surface area contributed by atoms with Crippen molar-refractivity contribution in [1.29, 1.82) is 0 Å². The lowest BCUT2D eigenvalue weighted by atomic mass is 10.5. The van der Waals surface area contributed by atoms with Crippen LogP contribution < -0.4 is 5.32 Å². The van der Waals surface area contributed by atoms with Crippen molar-refractivity contribution in [3.05, 3.63) is 17.0 Å². The second-order valence-corrected chi connectivity index (χ2v) is 7.02. The van der Waals surface area contributed by atoms with Crippen molar-refractivity contribution in [2.24, 2.45) is 0 Å². The molecule has 4 nitrogen and oxygen atoms in total. The molecule has 0 aliphatic carbocycles. The van der Waals surface area contributed by atoms with Gasteiger partial charge in [0.15, 0.2) is 0 Å². The highest BCUT2D eigenvalue weighted by Crippen LogP contribution is 2.24. The van der Waals surface area contributed by atoms with E-state index in [4.69, 9.17) is 0 Å². The van der Waals surface area contributed by atoms with Gasteiger partial charge in [-0.25, -0.2) is 12.7 Å². The molecule has 0 saturated carbocycles. The minimum Gasteiger partial charge on any atom is -0.315 e. The lowest BCUT2D eigenvalue weighted by molar-refractivity contribution is 0.470. The van der Waals surface area contributed by atoms with Crippen LogP contribution in [0.15, 0.2) is 16.3 Å². The third-order valence-electron chi connectivity index (χ3n) is 2.19. The molecule has 0 aliphatic heterocycles. The normalized spacial score (nSPS) is 12.2. The average Bonchev–Trinajstić information content (AvgIpc) is 2.68. The molecule has 0 radical (unpaired) electrons. The monoisotopic (exact) mass is 262 g/mol. The van der Waals surface area contributed by atoms with E-state index in [9.17, 15) is 8.42 Å². The van der Waals surface area contributed by atoms with Gasteiger partial charge < -0.3 is 5.32 Å². The van der Waals surface area contributed by atoms with Crippen molar-refractivity contribution in [2.75, 3.05) is 20.6 Å². The van der Waals surface area contributed by atoms with Crippen LogP contribution >= 0.6 is 11.3 Å². The second-order valence-electron chi connectivity index (χ2n) is 3.58. The molecule has 0 fully saturated rings. The van der Waals surface area contributed by atoms with Crippen LogP contribution in [0.4, 0.5) is 0 Å². The number of nitrogens with zero attached hydrogens (tertiary/aromatic N) is 1. The van der Waals surface area contributed by atoms with Gasteiger partial charge in [-0.05, 0) is 25.6 Å². The maximum atomic E-state index is 12.1. The average molecular weight is 262 g/mol. The van der Waals surface area contributed by atoms with Crippen LogP contribution in [-0.2, 0) is 16.6 Å². The van der Waals surface area contributed by atoms with E-state index < -0.39 is 10.0 Å². The molecule has 0 saturated heterocycles. The van der Waals surface area contributed by atoms with Gasteiger partial charge in [0.1, 0.15) is 4.21 Å². The minimum absolute atomic E-state index is 0.425. The van der Waals surface area contributed by atoms with E-state index in [-0.39, 0.29) is 0 Å². The molecule has 0 atom stereocenters. The molecule has 0 spiro atoms. The first kappa shape index (κ1) is 13.6. The Kier molecular flexibility index (Phi) is 4.91. The maximum absolute atomic E-state index is 12.1. The van der Waals surface area contributed by atoms with Crippen molar-refractivity contribution >= 4 is 21.4 Å². The number of thiophene rings is 1. The molecule has 0 unspecified atom stereocenters. The summed E-state index contributed by atoms with van der Waals surface area (Å²) in [4.78, 5) is 1.03. The highest BCUT2D eigenvalue weighted by Gasteiger charge is 2.21. The molecule has 1 rings (SSSR count). The fourth-order valence-corrected chi connectivity index (χ4v) is 4.20. The SMILES string of the molecule is CCCN(C)S(=O)(=O)c1ccc(CNC)s1. The smallest absolute Gasteiger partial charge is 0.252 e. The topological polar surface area (TPSA) is 49.4 Å². The summed E-state index contributed by atoms with van der Waals surface area (Å²) in [5, 5.41) is 3.01. The summed E-state index contributed by atoms with van der Waals surface area (Å²) >= 11 is 1.33. The molecule has 1 N–H and O–H groups in total. The molecule has 0 amide bonds. The molecule has 92 valence electrons. The van der Waals surface area contributed by atoms with Gasteiger partial charge in [-0.15, -0.1) is 11.3 Å². The first-order valence-corrected chi connectivity index (χ1v) is 7.47. The van der Waals surface area contributed by atoms with E-state index in [1.54, 1.807) is 13.1 Å². The van der Waals surface area contributed by atoms with E-state index in [2.05, 4.69) is 5.32 Å². The van der Waals surface area contributed by atoms with Crippen LogP contribution in [0.2, 0.25) is 0 Å². The van der Waals surface area contributed by atoms with Crippen LogP contribution in [0.3, 0.4) is 0 Å². The quantitative estimate of drug-likeness (QED) is 0.845. The summed E-state index contributed by atoms with van der Waals surface area (Å²) in [7, 11) is 0.191. The van der Waals surface area contributed by atoms with Crippen molar-refractivity contribution < 1.29 is 8.42 Å². The summed E-state index contributed by atoms with van der Waals surface area (Å²) in [6, 6.07) is 3.53. The molecule has 0 aliphatic rings.